The molecule has 0 aliphatic carbocycles. The molecule has 82 valence electrons. The lowest BCUT2D eigenvalue weighted by atomic mass is 9.97. The van der Waals surface area contributed by atoms with Crippen LogP contribution in [0.1, 0.15) is 17.9 Å². The van der Waals surface area contributed by atoms with E-state index in [4.69, 9.17) is 4.18 Å². The maximum Gasteiger partial charge on any atom is 0.267 e. The highest BCUT2D eigenvalue weighted by atomic mass is 32.2. The third kappa shape index (κ3) is 2.35. The highest BCUT2D eigenvalue weighted by Gasteiger charge is 2.26. The Hall–Kier alpha value is -0.940. The summed E-state index contributed by atoms with van der Waals surface area (Å²) in [6.07, 6.45) is 0.420. The number of hydrogen-bond acceptors (Lipinski definition) is 3. The molecule has 1 heterocycles. The lowest BCUT2D eigenvalue weighted by Crippen LogP contribution is -2.24. The monoisotopic (exact) mass is 230 g/mol. The third-order valence-electron chi connectivity index (χ3n) is 2.51. The average molecular weight is 230 g/mol. The van der Waals surface area contributed by atoms with Gasteiger partial charge in [-0.05, 0) is 18.1 Å². The average Bonchev–Trinajstić information content (AvgIpc) is 2.19. The molecule has 0 bridgehead atoms. The van der Waals surface area contributed by atoms with E-state index in [0.29, 0.717) is 12.0 Å². The third-order valence-corrected chi connectivity index (χ3v) is 3.74. The molecular weight excluding hydrogens is 219 g/mol. The first-order chi connectivity index (χ1) is 7.08. The lowest BCUT2D eigenvalue weighted by Gasteiger charge is -2.22. The molecule has 1 aromatic rings. The van der Waals surface area contributed by atoms with Gasteiger partial charge in [-0.2, -0.15) is 8.42 Å². The molecule has 3 nitrogen and oxygen atoms in total. The topological polar surface area (TPSA) is 43.4 Å². The van der Waals surface area contributed by atoms with Crippen molar-refractivity contribution in [3.8, 4) is 0 Å². The number of rotatable bonds is 1. The van der Waals surface area contributed by atoms with Gasteiger partial charge in [0.15, 0.2) is 0 Å². The van der Waals surface area contributed by atoms with Crippen LogP contribution in [0.15, 0.2) is 24.3 Å². The van der Waals surface area contributed by atoms with Crippen LogP contribution in [0, 0.1) is 5.82 Å². The number of hydrogen-bond donors (Lipinski definition) is 0. The first-order valence-corrected chi connectivity index (χ1v) is 6.28. The predicted molar refractivity (Wildman–Crippen MR) is 53.5 cm³/mol. The van der Waals surface area contributed by atoms with Crippen molar-refractivity contribution in [3.63, 3.8) is 0 Å². The minimum absolute atomic E-state index is 0.0357. The van der Waals surface area contributed by atoms with Gasteiger partial charge in [-0.25, -0.2) is 4.39 Å². The second kappa shape index (κ2) is 3.90. The highest BCUT2D eigenvalue weighted by molar-refractivity contribution is 7.86. The Morgan fingerprint density at radius 2 is 2.07 bits per heavy atom. The Morgan fingerprint density at radius 3 is 2.67 bits per heavy atom. The standard InChI is InChI=1S/C10H11FO3S/c11-10-4-2-1-3-9(10)8-5-6-15(12,13)14-7-8/h1-4,8H,5-7H2. The normalized spacial score (nSPS) is 25.0. The zero-order chi connectivity index (χ0) is 10.9. The predicted octanol–water partition coefficient (Wildman–Crippen LogP) is 1.66. The van der Waals surface area contributed by atoms with Crippen molar-refractivity contribution in [1.82, 2.24) is 0 Å². The van der Waals surface area contributed by atoms with Crippen LogP contribution < -0.4 is 0 Å². The Kier molecular flexibility index (Phi) is 2.75. The van der Waals surface area contributed by atoms with E-state index in [-0.39, 0.29) is 24.1 Å². The maximum atomic E-state index is 13.4. The molecule has 1 aliphatic rings. The van der Waals surface area contributed by atoms with Crippen LogP contribution in [-0.2, 0) is 14.3 Å². The molecule has 0 aromatic heterocycles. The maximum absolute atomic E-state index is 13.4. The molecule has 1 aromatic carbocycles. The van der Waals surface area contributed by atoms with E-state index in [0.717, 1.165) is 0 Å². The van der Waals surface area contributed by atoms with Gasteiger partial charge in [0.05, 0.1) is 12.4 Å². The smallest absolute Gasteiger partial charge is 0.267 e. The molecule has 1 fully saturated rings. The zero-order valence-electron chi connectivity index (χ0n) is 8.02. The van der Waals surface area contributed by atoms with Gasteiger partial charge >= 0.3 is 0 Å². The molecule has 0 radical (unpaired) electrons. The molecule has 0 spiro atoms. The van der Waals surface area contributed by atoms with E-state index in [1.165, 1.54) is 6.07 Å². The van der Waals surface area contributed by atoms with Crippen LogP contribution in [0.5, 0.6) is 0 Å². The molecule has 0 N–H and O–H groups in total. The van der Waals surface area contributed by atoms with Crippen molar-refractivity contribution >= 4 is 10.1 Å². The van der Waals surface area contributed by atoms with Crippen molar-refractivity contribution in [2.24, 2.45) is 0 Å². The Bertz CT molecular complexity index is 441. The number of halogens is 1. The van der Waals surface area contributed by atoms with Gasteiger partial charge in [0.2, 0.25) is 0 Å². The van der Waals surface area contributed by atoms with Crippen molar-refractivity contribution in [2.45, 2.75) is 12.3 Å². The van der Waals surface area contributed by atoms with Crippen molar-refractivity contribution < 1.29 is 17.0 Å². The second-order valence-electron chi connectivity index (χ2n) is 3.55. The summed E-state index contributed by atoms with van der Waals surface area (Å²) in [5.41, 5.74) is 0.535. The minimum Gasteiger partial charge on any atom is -0.269 e. The highest BCUT2D eigenvalue weighted by Crippen LogP contribution is 2.27. The summed E-state index contributed by atoms with van der Waals surface area (Å²) < 4.78 is 40.0. The summed E-state index contributed by atoms with van der Waals surface area (Å²) in [5.74, 6) is -0.494. The van der Waals surface area contributed by atoms with Crippen LogP contribution in [-0.4, -0.2) is 20.8 Å². The second-order valence-corrected chi connectivity index (χ2v) is 5.31. The van der Waals surface area contributed by atoms with E-state index in [2.05, 4.69) is 0 Å². The van der Waals surface area contributed by atoms with E-state index >= 15 is 0 Å². The van der Waals surface area contributed by atoms with Crippen LogP contribution in [0.4, 0.5) is 4.39 Å². The Labute approximate surface area is 88.0 Å². The van der Waals surface area contributed by atoms with Crippen molar-refractivity contribution in [1.29, 1.82) is 0 Å². The summed E-state index contributed by atoms with van der Waals surface area (Å²) in [5, 5.41) is 0. The summed E-state index contributed by atoms with van der Waals surface area (Å²) in [6, 6.07) is 6.39. The first-order valence-electron chi connectivity index (χ1n) is 4.70. The van der Waals surface area contributed by atoms with Gasteiger partial charge < -0.3 is 0 Å². The SMILES string of the molecule is O=S1(=O)CCC(c2ccccc2F)CO1. The van der Waals surface area contributed by atoms with Gasteiger partial charge in [-0.3, -0.25) is 4.18 Å². The first kappa shape index (κ1) is 10.6. The molecule has 1 atom stereocenters. The Balaban J connectivity index is 2.18. The van der Waals surface area contributed by atoms with Crippen LogP contribution >= 0.6 is 0 Å². The summed E-state index contributed by atoms with van der Waals surface area (Å²) in [7, 11) is -3.36. The van der Waals surface area contributed by atoms with Crippen molar-refractivity contribution in [2.75, 3.05) is 12.4 Å². The quantitative estimate of drug-likeness (QED) is 0.689. The Morgan fingerprint density at radius 1 is 1.33 bits per heavy atom. The van der Waals surface area contributed by atoms with Gasteiger partial charge in [0, 0.05) is 5.92 Å². The molecule has 1 unspecified atom stereocenters. The van der Waals surface area contributed by atoms with E-state index < -0.39 is 10.1 Å². The summed E-state index contributed by atoms with van der Waals surface area (Å²) >= 11 is 0. The summed E-state index contributed by atoms with van der Waals surface area (Å²) in [4.78, 5) is 0. The molecule has 0 amide bonds. The van der Waals surface area contributed by atoms with Crippen molar-refractivity contribution in [3.05, 3.63) is 35.6 Å². The fourth-order valence-electron chi connectivity index (χ4n) is 1.67. The molecule has 15 heavy (non-hydrogen) atoms. The van der Waals surface area contributed by atoms with Crippen LogP contribution in [0.25, 0.3) is 0 Å². The van der Waals surface area contributed by atoms with Crippen LogP contribution in [0.2, 0.25) is 0 Å². The largest absolute Gasteiger partial charge is 0.269 e. The van der Waals surface area contributed by atoms with E-state index in [9.17, 15) is 12.8 Å². The fraction of sp³-hybridized carbons (Fsp3) is 0.400. The molecule has 1 aliphatic heterocycles. The van der Waals surface area contributed by atoms with Gasteiger partial charge in [0.25, 0.3) is 10.1 Å². The molecule has 5 heteroatoms. The van der Waals surface area contributed by atoms with Gasteiger partial charge in [-0.15, -0.1) is 0 Å². The van der Waals surface area contributed by atoms with E-state index in [1.807, 2.05) is 0 Å². The fourth-order valence-corrected chi connectivity index (χ4v) is 2.73. The van der Waals surface area contributed by atoms with Crippen LogP contribution in [0.3, 0.4) is 0 Å². The number of benzene rings is 1. The summed E-state index contributed by atoms with van der Waals surface area (Å²) in [6.45, 7) is 0.0449. The molecule has 2 rings (SSSR count). The molecular formula is C10H11FO3S. The minimum atomic E-state index is -3.36. The molecule has 1 saturated heterocycles. The van der Waals surface area contributed by atoms with Gasteiger partial charge in [-0.1, -0.05) is 18.2 Å². The van der Waals surface area contributed by atoms with Gasteiger partial charge in [0.1, 0.15) is 5.82 Å². The lowest BCUT2D eigenvalue weighted by molar-refractivity contribution is 0.264. The van der Waals surface area contributed by atoms with E-state index in [1.54, 1.807) is 18.2 Å². The zero-order valence-corrected chi connectivity index (χ0v) is 8.84. The molecule has 0 saturated carbocycles.